The van der Waals surface area contributed by atoms with Crippen LogP contribution in [0, 0.1) is 13.8 Å². The van der Waals surface area contributed by atoms with Gasteiger partial charge >= 0.3 is 0 Å². The van der Waals surface area contributed by atoms with Gasteiger partial charge in [-0.25, -0.2) is 4.98 Å². The molecule has 0 N–H and O–H groups in total. The van der Waals surface area contributed by atoms with Crippen LogP contribution < -0.4 is 4.90 Å². The van der Waals surface area contributed by atoms with Gasteiger partial charge in [-0.3, -0.25) is 0 Å². The molecule has 0 bridgehead atoms. The lowest BCUT2D eigenvalue weighted by Crippen LogP contribution is -2.31. The summed E-state index contributed by atoms with van der Waals surface area (Å²) in [6, 6.07) is 8.72. The predicted molar refractivity (Wildman–Crippen MR) is 117 cm³/mol. The van der Waals surface area contributed by atoms with Gasteiger partial charge in [0.25, 0.3) is 0 Å². The third-order valence-electron chi connectivity index (χ3n) is 5.56. The maximum atomic E-state index is 5.35. The molecule has 3 heterocycles. The Labute approximate surface area is 172 Å². The summed E-state index contributed by atoms with van der Waals surface area (Å²) < 4.78 is 7.69. The summed E-state index contributed by atoms with van der Waals surface area (Å²) in [5.41, 5.74) is 6.57. The minimum Gasteiger partial charge on any atom is -0.383 e. The smallest absolute Gasteiger partial charge is 0.153 e. The Hall–Kier alpha value is -1.69. The molecule has 144 valence electrons. The van der Waals surface area contributed by atoms with Crippen molar-refractivity contribution in [1.82, 2.24) is 9.55 Å². The number of fused-ring (bicyclic) bond motifs is 2. The van der Waals surface area contributed by atoms with Gasteiger partial charge in [-0.1, -0.05) is 24.3 Å². The first-order valence-corrected chi connectivity index (χ1v) is 9.54. The molecular formula is C21H26ClN3OS. The average Bonchev–Trinajstić information content (AvgIpc) is 2.92. The molecule has 0 aliphatic carbocycles. The van der Waals surface area contributed by atoms with Crippen molar-refractivity contribution in [3.8, 4) is 0 Å². The number of nitrogens with zero attached hydrogens (tertiary/aromatic N) is 3. The van der Waals surface area contributed by atoms with Crippen LogP contribution in [-0.4, -0.2) is 29.8 Å². The fraction of sp³-hybridized carbons (Fsp3) is 0.381. The highest BCUT2D eigenvalue weighted by molar-refractivity contribution is 7.80. The minimum absolute atomic E-state index is 0. The number of thiol groups is 1. The number of aryl methyl sites for hydroxylation is 1. The number of hydrogen-bond acceptors (Lipinski definition) is 4. The van der Waals surface area contributed by atoms with Crippen LogP contribution in [0.2, 0.25) is 0 Å². The maximum Gasteiger partial charge on any atom is 0.153 e. The molecule has 27 heavy (non-hydrogen) atoms. The zero-order chi connectivity index (χ0) is 18.3. The van der Waals surface area contributed by atoms with E-state index in [-0.39, 0.29) is 12.4 Å². The van der Waals surface area contributed by atoms with E-state index >= 15 is 0 Å². The maximum absolute atomic E-state index is 5.35. The first kappa shape index (κ1) is 20.1. The molecule has 0 atom stereocenters. The molecule has 0 radical (unpaired) electrons. The Balaban J connectivity index is 0.00000210. The molecule has 4 rings (SSSR count). The number of hydrogen-bond donors (Lipinski definition) is 1. The van der Waals surface area contributed by atoms with Crippen molar-refractivity contribution < 1.29 is 4.74 Å². The summed E-state index contributed by atoms with van der Waals surface area (Å²) in [5, 5.41) is 1.21. The Morgan fingerprint density at radius 3 is 2.67 bits per heavy atom. The molecule has 4 nitrogen and oxygen atoms in total. The lowest BCUT2D eigenvalue weighted by molar-refractivity contribution is 0.188. The Kier molecular flexibility index (Phi) is 6.04. The summed E-state index contributed by atoms with van der Waals surface area (Å²) in [6.45, 7) is 7.74. The Morgan fingerprint density at radius 2 is 1.93 bits per heavy atom. The number of pyridine rings is 1. The molecule has 0 spiro atoms. The van der Waals surface area contributed by atoms with Gasteiger partial charge in [0, 0.05) is 48.9 Å². The van der Waals surface area contributed by atoms with E-state index in [4.69, 9.17) is 22.3 Å². The van der Waals surface area contributed by atoms with E-state index in [1.165, 1.54) is 33.3 Å². The van der Waals surface area contributed by atoms with Gasteiger partial charge in [-0.05, 0) is 37.0 Å². The molecule has 1 aliphatic heterocycles. The molecule has 6 heteroatoms. The van der Waals surface area contributed by atoms with E-state index in [0.717, 1.165) is 36.8 Å². The summed E-state index contributed by atoms with van der Waals surface area (Å²) in [6.07, 6.45) is 2.95. The monoisotopic (exact) mass is 403 g/mol. The van der Waals surface area contributed by atoms with Crippen LogP contribution in [0.25, 0.3) is 10.9 Å². The fourth-order valence-electron chi connectivity index (χ4n) is 4.03. The highest BCUT2D eigenvalue weighted by Crippen LogP contribution is 2.37. The van der Waals surface area contributed by atoms with Crippen molar-refractivity contribution in [2.24, 2.45) is 0 Å². The largest absolute Gasteiger partial charge is 0.383 e. The third-order valence-corrected chi connectivity index (χ3v) is 5.89. The van der Waals surface area contributed by atoms with Gasteiger partial charge in [0.2, 0.25) is 0 Å². The normalized spacial score (nSPS) is 13.6. The van der Waals surface area contributed by atoms with E-state index in [9.17, 15) is 0 Å². The molecule has 0 amide bonds. The molecule has 1 aliphatic rings. The number of anilines is 1. The van der Waals surface area contributed by atoms with Gasteiger partial charge < -0.3 is 14.2 Å². The first-order valence-electron chi connectivity index (χ1n) is 9.09. The van der Waals surface area contributed by atoms with E-state index in [2.05, 4.69) is 47.6 Å². The van der Waals surface area contributed by atoms with Crippen molar-refractivity contribution in [2.45, 2.75) is 38.3 Å². The summed E-state index contributed by atoms with van der Waals surface area (Å²) in [5.74, 6) is 1.06. The summed E-state index contributed by atoms with van der Waals surface area (Å²) in [7, 11) is 1.75. The number of benzene rings is 1. The number of methoxy groups -OCH3 is 1. The molecular weight excluding hydrogens is 378 g/mol. The van der Waals surface area contributed by atoms with Gasteiger partial charge in [-0.15, -0.1) is 25.0 Å². The second-order valence-corrected chi connectivity index (χ2v) is 7.47. The van der Waals surface area contributed by atoms with Crippen LogP contribution in [-0.2, 0) is 24.2 Å². The van der Waals surface area contributed by atoms with Gasteiger partial charge in [0.1, 0.15) is 0 Å². The summed E-state index contributed by atoms with van der Waals surface area (Å²) in [4.78, 5) is 8.16. The lowest BCUT2D eigenvalue weighted by atomic mass is 10.00. The summed E-state index contributed by atoms with van der Waals surface area (Å²) >= 11 is 4.70. The van der Waals surface area contributed by atoms with Crippen molar-refractivity contribution in [1.29, 1.82) is 0 Å². The molecule has 1 aromatic carbocycles. The van der Waals surface area contributed by atoms with Crippen LogP contribution in [0.15, 0.2) is 35.4 Å². The van der Waals surface area contributed by atoms with Gasteiger partial charge in [-0.2, -0.15) is 0 Å². The third kappa shape index (κ3) is 3.44. The van der Waals surface area contributed by atoms with Crippen molar-refractivity contribution in [3.63, 3.8) is 0 Å². The molecule has 2 aromatic heterocycles. The molecule has 3 aromatic rings. The zero-order valence-corrected chi connectivity index (χ0v) is 17.7. The second-order valence-electron chi connectivity index (χ2n) is 6.99. The fourth-order valence-corrected chi connectivity index (χ4v) is 4.36. The van der Waals surface area contributed by atoms with Crippen LogP contribution in [0.1, 0.15) is 22.4 Å². The van der Waals surface area contributed by atoms with Crippen LogP contribution in [0.4, 0.5) is 5.82 Å². The van der Waals surface area contributed by atoms with Crippen molar-refractivity contribution in [3.05, 3.63) is 52.8 Å². The van der Waals surface area contributed by atoms with Crippen molar-refractivity contribution >= 4 is 41.8 Å². The number of halogens is 1. The predicted octanol–water partition coefficient (Wildman–Crippen LogP) is 4.57. The molecule has 0 saturated heterocycles. The highest BCUT2D eigenvalue weighted by Gasteiger charge is 2.23. The first-order chi connectivity index (χ1) is 12.6. The number of rotatable bonds is 4. The zero-order valence-electron chi connectivity index (χ0n) is 16.0. The van der Waals surface area contributed by atoms with Crippen LogP contribution in [0.3, 0.4) is 0 Å². The Bertz CT molecular complexity index is 970. The number of ether oxygens (including phenoxy) is 1. The standard InChI is InChI=1S/C21H25N3OS.ClH/c1-14-15(2)24(10-11-25-3)20-19(14)18(26)12-22-21(20)23-9-8-16-6-4-5-7-17(16)13-23;/h4-7,12,26H,8-11,13H2,1-3H3;1H. The molecule has 0 saturated carbocycles. The van der Waals surface area contributed by atoms with Crippen molar-refractivity contribution in [2.75, 3.05) is 25.2 Å². The minimum atomic E-state index is 0. The van der Waals surface area contributed by atoms with E-state index in [0.29, 0.717) is 6.61 Å². The van der Waals surface area contributed by atoms with Crippen LogP contribution >= 0.6 is 25.0 Å². The lowest BCUT2D eigenvalue weighted by Gasteiger charge is -2.30. The van der Waals surface area contributed by atoms with Gasteiger partial charge in [0.05, 0.1) is 12.1 Å². The quantitative estimate of drug-likeness (QED) is 0.647. The number of aromatic nitrogens is 2. The van der Waals surface area contributed by atoms with Crippen LogP contribution in [0.5, 0.6) is 0 Å². The second kappa shape index (κ2) is 8.13. The SMILES string of the molecule is COCCn1c(C)c(C)c2c(S)cnc(N3CCc4ccccc4C3)c21.Cl. The van der Waals surface area contributed by atoms with E-state index in [1.807, 2.05) is 6.20 Å². The van der Waals surface area contributed by atoms with E-state index in [1.54, 1.807) is 7.11 Å². The highest BCUT2D eigenvalue weighted by atomic mass is 35.5. The average molecular weight is 404 g/mol. The van der Waals surface area contributed by atoms with Gasteiger partial charge in [0.15, 0.2) is 5.82 Å². The van der Waals surface area contributed by atoms with E-state index < -0.39 is 0 Å². The topological polar surface area (TPSA) is 30.3 Å². The molecule has 0 fully saturated rings. The molecule has 0 unspecified atom stereocenters. The Morgan fingerprint density at radius 1 is 1.19 bits per heavy atom.